The molecule has 12 nitrogen and oxygen atoms in total. The third kappa shape index (κ3) is 4.80. The van der Waals surface area contributed by atoms with Gasteiger partial charge in [0.2, 0.25) is 0 Å². The molecular weight excluding hydrogens is 566 g/mol. The lowest BCUT2D eigenvalue weighted by Crippen LogP contribution is -2.61. The first-order valence-corrected chi connectivity index (χ1v) is 11.7. The number of hydrogen-bond acceptors (Lipinski definition) is 9. The number of amides is 2. The molecule has 4 N–H and O–H groups in total. The van der Waals surface area contributed by atoms with Gasteiger partial charge in [0.05, 0.1) is 35.4 Å². The van der Waals surface area contributed by atoms with Gasteiger partial charge in [-0.15, -0.1) is 5.10 Å². The number of nitrogens with one attached hydrogen (secondary N) is 1. The second-order valence-electron chi connectivity index (χ2n) is 8.88. The molecule has 1 aromatic carbocycles. The third-order valence-electron chi connectivity index (χ3n) is 6.08. The summed E-state index contributed by atoms with van der Waals surface area (Å²) in [5.74, 6) is -3.64. The summed E-state index contributed by atoms with van der Waals surface area (Å²) in [5, 5.41) is 21.4. The Morgan fingerprint density at radius 3 is 2.77 bits per heavy atom. The number of nitrogen functional groups attached to an aromatic ring is 1. The summed E-state index contributed by atoms with van der Waals surface area (Å²) in [5.41, 5.74) is 2.05. The summed E-state index contributed by atoms with van der Waals surface area (Å²) in [4.78, 5) is 30.4. The van der Waals surface area contributed by atoms with Crippen molar-refractivity contribution in [2.24, 2.45) is 0 Å². The first-order valence-electron chi connectivity index (χ1n) is 11.4. The van der Waals surface area contributed by atoms with Crippen LogP contribution in [0, 0.1) is 5.82 Å². The maximum atomic E-state index is 14.9. The summed E-state index contributed by atoms with van der Waals surface area (Å²) < 4.78 is 65.3. The van der Waals surface area contributed by atoms with E-state index in [1.807, 2.05) is 0 Å². The molecule has 3 aromatic heterocycles. The predicted octanol–water partition coefficient (Wildman–Crippen LogP) is 2.92. The van der Waals surface area contributed by atoms with Crippen LogP contribution < -0.4 is 16.0 Å². The summed E-state index contributed by atoms with van der Waals surface area (Å²) in [6.45, 7) is 0.574. The van der Waals surface area contributed by atoms with Crippen molar-refractivity contribution in [1.29, 1.82) is 0 Å². The molecule has 4 aromatic rings. The number of nitrogens with two attached hydrogens (primary N) is 1. The average Bonchev–Trinajstić information content (AvgIpc) is 3.46. The van der Waals surface area contributed by atoms with Crippen LogP contribution in [-0.4, -0.2) is 61.7 Å². The molecule has 210 valence electrons. The topological polar surface area (TPSA) is 162 Å². The van der Waals surface area contributed by atoms with E-state index >= 15 is 0 Å². The van der Waals surface area contributed by atoms with Crippen molar-refractivity contribution >= 4 is 51.7 Å². The van der Waals surface area contributed by atoms with Crippen molar-refractivity contribution in [3.8, 4) is 5.69 Å². The van der Waals surface area contributed by atoms with Crippen LogP contribution in [-0.2, 0) is 20.5 Å². The second kappa shape index (κ2) is 9.72. The first-order chi connectivity index (χ1) is 18.8. The summed E-state index contributed by atoms with van der Waals surface area (Å²) in [6.07, 6.45) is -4.89. The zero-order valence-corrected chi connectivity index (χ0v) is 21.0. The Kier molecular flexibility index (Phi) is 6.63. The minimum absolute atomic E-state index is 0.0329. The lowest BCUT2D eigenvalue weighted by atomic mass is 9.95. The Labute approximate surface area is 226 Å². The number of pyridine rings is 1. The van der Waals surface area contributed by atoms with Gasteiger partial charge in [0.1, 0.15) is 5.69 Å². The number of rotatable bonds is 5. The highest BCUT2D eigenvalue weighted by Crippen LogP contribution is 2.33. The molecule has 2 amide bonds. The zero-order chi connectivity index (χ0) is 29.0. The highest BCUT2D eigenvalue weighted by atomic mass is 35.5. The highest BCUT2D eigenvalue weighted by Gasteiger charge is 2.49. The molecule has 1 aliphatic rings. The average molecular weight is 584 g/mol. The van der Waals surface area contributed by atoms with E-state index in [1.165, 1.54) is 18.2 Å². The van der Waals surface area contributed by atoms with E-state index in [-0.39, 0.29) is 40.9 Å². The number of carbonyl (C=O) groups excluding carboxylic acids is 2. The van der Waals surface area contributed by atoms with Crippen LogP contribution >= 0.6 is 11.6 Å². The van der Waals surface area contributed by atoms with Crippen LogP contribution in [0.15, 0.2) is 41.2 Å². The number of alkyl halides is 3. The van der Waals surface area contributed by atoms with E-state index in [2.05, 4.69) is 20.6 Å². The number of carbonyl (C=O) groups is 2. The SMILES string of the molecule is CC(O)(C(=O)Nc1cc(Cl)c2c(N)noc2c1)[C@H]1OCCN(c2nn(-c3ccnc(C(F)(F)F)c3)cc2F)C1=O. The van der Waals surface area contributed by atoms with Crippen molar-refractivity contribution < 1.29 is 41.5 Å². The Morgan fingerprint density at radius 1 is 1.30 bits per heavy atom. The third-order valence-corrected chi connectivity index (χ3v) is 6.37. The zero-order valence-electron chi connectivity index (χ0n) is 20.2. The van der Waals surface area contributed by atoms with Gasteiger partial charge in [-0.1, -0.05) is 16.8 Å². The van der Waals surface area contributed by atoms with E-state index in [1.54, 1.807) is 0 Å². The van der Waals surface area contributed by atoms with Crippen molar-refractivity contribution in [3.05, 3.63) is 53.2 Å². The Hall–Kier alpha value is -4.28. The van der Waals surface area contributed by atoms with Gasteiger partial charge in [-0.2, -0.15) is 13.2 Å². The van der Waals surface area contributed by atoms with Gasteiger partial charge < -0.3 is 25.4 Å². The fraction of sp³-hybridized carbons (Fsp3) is 0.261. The van der Waals surface area contributed by atoms with Crippen LogP contribution in [0.1, 0.15) is 12.6 Å². The Morgan fingerprint density at radius 2 is 2.05 bits per heavy atom. The van der Waals surface area contributed by atoms with Crippen LogP contribution in [0.5, 0.6) is 0 Å². The van der Waals surface area contributed by atoms with Crippen LogP contribution in [0.4, 0.5) is 34.9 Å². The number of nitrogens with zero attached hydrogens (tertiary/aromatic N) is 5. The van der Waals surface area contributed by atoms with E-state index in [9.17, 15) is 32.3 Å². The second-order valence-corrected chi connectivity index (χ2v) is 9.29. The Balaban J connectivity index is 1.38. The highest BCUT2D eigenvalue weighted by molar-refractivity contribution is 6.36. The molecule has 1 unspecified atom stereocenters. The number of aliphatic hydroxyl groups is 1. The number of benzene rings is 1. The Bertz CT molecular complexity index is 1640. The van der Waals surface area contributed by atoms with Crippen LogP contribution in [0.3, 0.4) is 0 Å². The lowest BCUT2D eigenvalue weighted by molar-refractivity contribution is -0.165. The lowest BCUT2D eigenvalue weighted by Gasteiger charge is -2.37. The predicted molar refractivity (Wildman–Crippen MR) is 131 cm³/mol. The molecule has 0 saturated carbocycles. The van der Waals surface area contributed by atoms with Gasteiger partial charge in [-0.25, -0.2) is 9.07 Å². The summed E-state index contributed by atoms with van der Waals surface area (Å²) in [7, 11) is 0. The van der Waals surface area contributed by atoms with Gasteiger partial charge in [-0.3, -0.25) is 19.5 Å². The van der Waals surface area contributed by atoms with Gasteiger partial charge in [0.25, 0.3) is 11.8 Å². The van der Waals surface area contributed by atoms with Crippen LogP contribution in [0.25, 0.3) is 16.7 Å². The first kappa shape index (κ1) is 27.3. The van der Waals surface area contributed by atoms with Crippen molar-refractivity contribution in [1.82, 2.24) is 19.9 Å². The van der Waals surface area contributed by atoms with E-state index in [4.69, 9.17) is 26.6 Å². The smallest absolute Gasteiger partial charge is 0.380 e. The van der Waals surface area contributed by atoms with E-state index in [0.717, 1.165) is 28.9 Å². The maximum absolute atomic E-state index is 14.9. The molecule has 2 atom stereocenters. The van der Waals surface area contributed by atoms with Gasteiger partial charge >= 0.3 is 6.18 Å². The van der Waals surface area contributed by atoms with Gasteiger partial charge in [0.15, 0.2) is 34.7 Å². The van der Waals surface area contributed by atoms with Crippen molar-refractivity contribution in [2.75, 3.05) is 29.1 Å². The molecule has 0 spiro atoms. The molecule has 0 radical (unpaired) electrons. The number of anilines is 3. The van der Waals surface area contributed by atoms with E-state index in [0.29, 0.717) is 11.5 Å². The minimum Gasteiger partial charge on any atom is -0.380 e. The molecule has 1 aliphatic heterocycles. The normalized spacial score (nSPS) is 17.7. The number of ether oxygens (including phenoxy) is 1. The molecule has 40 heavy (non-hydrogen) atoms. The number of fused-ring (bicyclic) bond motifs is 1. The largest absolute Gasteiger partial charge is 0.433 e. The number of morpholine rings is 1. The molecule has 1 saturated heterocycles. The van der Waals surface area contributed by atoms with Crippen molar-refractivity contribution in [2.45, 2.75) is 24.8 Å². The standard InChI is InChI=1S/C23H18ClF4N7O5/c1-22(38,21(37)31-10-6-12(24)16-14(7-10)40-33-18(16)29)17-20(36)34(4-5-39-17)19-13(25)9-35(32-19)11-2-3-30-15(8-11)23(26,27)28/h2-3,6-9,17,38H,4-5H2,1H3,(H2,29,33)(H,31,37)/t17-,22?/m0/s1. The minimum atomic E-state index is -4.75. The van der Waals surface area contributed by atoms with Crippen LogP contribution in [0.2, 0.25) is 5.02 Å². The number of aromatic nitrogens is 4. The van der Waals surface area contributed by atoms with Crippen molar-refractivity contribution in [3.63, 3.8) is 0 Å². The molecule has 1 fully saturated rings. The van der Waals surface area contributed by atoms with Gasteiger partial charge in [-0.05, 0) is 25.1 Å². The van der Waals surface area contributed by atoms with E-state index < -0.39 is 47.0 Å². The number of halogens is 5. The summed E-state index contributed by atoms with van der Waals surface area (Å²) in [6, 6.07) is 4.50. The number of hydrogen-bond donors (Lipinski definition) is 3. The fourth-order valence-corrected chi connectivity index (χ4v) is 4.38. The summed E-state index contributed by atoms with van der Waals surface area (Å²) >= 11 is 6.17. The molecule has 5 rings (SSSR count). The maximum Gasteiger partial charge on any atom is 0.433 e. The monoisotopic (exact) mass is 583 g/mol. The molecule has 4 heterocycles. The molecular formula is C23H18ClF4N7O5. The fourth-order valence-electron chi connectivity index (χ4n) is 4.07. The quantitative estimate of drug-likeness (QED) is 0.300. The molecule has 17 heteroatoms. The molecule has 0 aliphatic carbocycles. The van der Waals surface area contributed by atoms with Gasteiger partial charge in [0, 0.05) is 18.0 Å². The molecule has 0 bridgehead atoms.